The van der Waals surface area contributed by atoms with Gasteiger partial charge in [-0.3, -0.25) is 4.90 Å². The van der Waals surface area contributed by atoms with Gasteiger partial charge >= 0.3 is 0 Å². The van der Waals surface area contributed by atoms with Gasteiger partial charge in [0.15, 0.2) is 0 Å². The summed E-state index contributed by atoms with van der Waals surface area (Å²) < 4.78 is 0. The molecule has 2 aromatic carbocycles. The standard InChI is InChI=1S/C19H22N2/c20-19-10-4-8-16-12-21(13-18(16)19)11-15-7-3-6-14-5-1-2-9-17(14)15/h1-2,4-5,8-10,15H,3,6-7,11-13,20H2. The minimum atomic E-state index is 0.686. The van der Waals surface area contributed by atoms with Gasteiger partial charge in [-0.25, -0.2) is 0 Å². The van der Waals surface area contributed by atoms with Crippen molar-refractivity contribution in [3.8, 4) is 0 Å². The lowest BCUT2D eigenvalue weighted by atomic mass is 9.82. The first kappa shape index (κ1) is 12.9. The lowest BCUT2D eigenvalue weighted by molar-refractivity contribution is 0.255. The summed E-state index contributed by atoms with van der Waals surface area (Å²) in [5.74, 6) is 0.686. The molecule has 0 spiro atoms. The number of fused-ring (bicyclic) bond motifs is 2. The summed E-state index contributed by atoms with van der Waals surface area (Å²) in [5.41, 5.74) is 13.0. The minimum absolute atomic E-state index is 0.686. The van der Waals surface area contributed by atoms with Gasteiger partial charge in [0, 0.05) is 25.3 Å². The second-order valence-corrected chi connectivity index (χ2v) is 6.44. The molecule has 0 fully saturated rings. The van der Waals surface area contributed by atoms with E-state index in [1.807, 2.05) is 6.07 Å². The van der Waals surface area contributed by atoms with Crippen LogP contribution in [0.2, 0.25) is 0 Å². The molecule has 1 aliphatic heterocycles. The summed E-state index contributed by atoms with van der Waals surface area (Å²) in [4.78, 5) is 2.56. The molecular weight excluding hydrogens is 256 g/mol. The van der Waals surface area contributed by atoms with Crippen molar-refractivity contribution in [1.29, 1.82) is 0 Å². The highest BCUT2D eigenvalue weighted by Crippen LogP contribution is 2.35. The number of rotatable bonds is 2. The first-order valence-electron chi connectivity index (χ1n) is 7.97. The zero-order chi connectivity index (χ0) is 14.2. The molecule has 21 heavy (non-hydrogen) atoms. The summed E-state index contributed by atoms with van der Waals surface area (Å²) in [6, 6.07) is 15.3. The van der Waals surface area contributed by atoms with E-state index in [1.165, 1.54) is 30.4 Å². The number of nitrogen functional groups attached to an aromatic ring is 1. The summed E-state index contributed by atoms with van der Waals surface area (Å²) >= 11 is 0. The molecule has 0 saturated heterocycles. The van der Waals surface area contributed by atoms with Crippen LogP contribution in [-0.2, 0) is 19.5 Å². The summed E-state index contributed by atoms with van der Waals surface area (Å²) in [6.45, 7) is 3.23. The van der Waals surface area contributed by atoms with E-state index in [2.05, 4.69) is 41.3 Å². The van der Waals surface area contributed by atoms with Crippen LogP contribution in [0.25, 0.3) is 0 Å². The van der Waals surface area contributed by atoms with Crippen molar-refractivity contribution >= 4 is 5.69 Å². The average molecular weight is 278 g/mol. The van der Waals surface area contributed by atoms with Gasteiger partial charge < -0.3 is 5.73 Å². The highest BCUT2D eigenvalue weighted by Gasteiger charge is 2.26. The van der Waals surface area contributed by atoms with Gasteiger partial charge in [-0.15, -0.1) is 0 Å². The van der Waals surface area contributed by atoms with Crippen molar-refractivity contribution in [3.05, 3.63) is 64.7 Å². The van der Waals surface area contributed by atoms with Crippen LogP contribution in [0.1, 0.15) is 41.0 Å². The molecule has 1 aliphatic carbocycles. The molecule has 2 N–H and O–H groups in total. The third kappa shape index (κ3) is 2.34. The maximum Gasteiger partial charge on any atom is 0.0363 e. The molecule has 2 nitrogen and oxygen atoms in total. The number of nitrogens with zero attached hydrogens (tertiary/aromatic N) is 1. The van der Waals surface area contributed by atoms with Gasteiger partial charge in [0.2, 0.25) is 0 Å². The molecule has 108 valence electrons. The zero-order valence-corrected chi connectivity index (χ0v) is 12.4. The number of nitrogens with two attached hydrogens (primary N) is 1. The van der Waals surface area contributed by atoms with E-state index in [9.17, 15) is 0 Å². The van der Waals surface area contributed by atoms with E-state index in [-0.39, 0.29) is 0 Å². The van der Waals surface area contributed by atoms with Crippen molar-refractivity contribution in [2.45, 2.75) is 38.3 Å². The van der Waals surface area contributed by atoms with Crippen LogP contribution < -0.4 is 5.73 Å². The molecule has 1 atom stereocenters. The third-order valence-electron chi connectivity index (χ3n) is 5.06. The van der Waals surface area contributed by atoms with Crippen molar-refractivity contribution in [3.63, 3.8) is 0 Å². The molecule has 0 amide bonds. The Morgan fingerprint density at radius 2 is 1.86 bits per heavy atom. The highest BCUT2D eigenvalue weighted by atomic mass is 15.1. The second kappa shape index (κ2) is 5.19. The van der Waals surface area contributed by atoms with Crippen LogP contribution in [0.5, 0.6) is 0 Å². The predicted octanol–water partition coefficient (Wildman–Crippen LogP) is 3.70. The van der Waals surface area contributed by atoms with Gasteiger partial charge in [-0.1, -0.05) is 36.4 Å². The summed E-state index contributed by atoms with van der Waals surface area (Å²) in [7, 11) is 0. The maximum atomic E-state index is 6.12. The first-order chi connectivity index (χ1) is 10.3. The van der Waals surface area contributed by atoms with Crippen LogP contribution in [0, 0.1) is 0 Å². The van der Waals surface area contributed by atoms with Gasteiger partial charge in [0.1, 0.15) is 0 Å². The highest BCUT2D eigenvalue weighted by molar-refractivity contribution is 5.52. The molecule has 1 heterocycles. The topological polar surface area (TPSA) is 29.3 Å². The summed E-state index contributed by atoms with van der Waals surface area (Å²) in [6.07, 6.45) is 3.89. The normalized spacial score (nSPS) is 21.0. The molecule has 0 saturated carbocycles. The fraction of sp³-hybridized carbons (Fsp3) is 0.368. The van der Waals surface area contributed by atoms with E-state index >= 15 is 0 Å². The van der Waals surface area contributed by atoms with Crippen molar-refractivity contribution in [2.75, 3.05) is 12.3 Å². The number of anilines is 1. The molecular formula is C19H22N2. The molecule has 2 heteroatoms. The van der Waals surface area contributed by atoms with Gasteiger partial charge in [0.25, 0.3) is 0 Å². The molecule has 1 unspecified atom stereocenters. The average Bonchev–Trinajstić information content (AvgIpc) is 2.92. The van der Waals surface area contributed by atoms with E-state index in [1.54, 1.807) is 11.1 Å². The molecule has 0 radical (unpaired) electrons. The Hall–Kier alpha value is -1.80. The summed E-state index contributed by atoms with van der Waals surface area (Å²) in [5, 5.41) is 0. The minimum Gasteiger partial charge on any atom is -0.398 e. The largest absolute Gasteiger partial charge is 0.398 e. The van der Waals surface area contributed by atoms with Gasteiger partial charge in [0.05, 0.1) is 0 Å². The molecule has 0 aromatic heterocycles. The number of benzene rings is 2. The number of aryl methyl sites for hydroxylation is 1. The fourth-order valence-corrected chi connectivity index (χ4v) is 4.00. The van der Waals surface area contributed by atoms with Crippen LogP contribution >= 0.6 is 0 Å². The molecule has 2 aliphatic rings. The van der Waals surface area contributed by atoms with E-state index in [4.69, 9.17) is 5.73 Å². The van der Waals surface area contributed by atoms with Crippen molar-refractivity contribution in [1.82, 2.24) is 4.90 Å². The molecule has 4 rings (SSSR count). The van der Waals surface area contributed by atoms with E-state index in [0.717, 1.165) is 25.3 Å². The van der Waals surface area contributed by atoms with Gasteiger partial charge in [-0.2, -0.15) is 0 Å². The van der Waals surface area contributed by atoms with E-state index in [0.29, 0.717) is 5.92 Å². The Kier molecular flexibility index (Phi) is 3.19. The lowest BCUT2D eigenvalue weighted by Crippen LogP contribution is -2.26. The third-order valence-corrected chi connectivity index (χ3v) is 5.06. The molecule has 0 bridgehead atoms. The Balaban J connectivity index is 1.53. The zero-order valence-electron chi connectivity index (χ0n) is 12.4. The van der Waals surface area contributed by atoms with Crippen LogP contribution in [0.15, 0.2) is 42.5 Å². The van der Waals surface area contributed by atoms with Crippen LogP contribution in [0.3, 0.4) is 0 Å². The van der Waals surface area contributed by atoms with Crippen LogP contribution in [0.4, 0.5) is 5.69 Å². The number of hydrogen-bond acceptors (Lipinski definition) is 2. The smallest absolute Gasteiger partial charge is 0.0363 e. The Bertz CT molecular complexity index is 662. The number of hydrogen-bond donors (Lipinski definition) is 1. The Morgan fingerprint density at radius 1 is 1.00 bits per heavy atom. The van der Waals surface area contributed by atoms with Crippen molar-refractivity contribution < 1.29 is 0 Å². The van der Waals surface area contributed by atoms with Gasteiger partial charge in [-0.05, 0) is 53.5 Å². The monoisotopic (exact) mass is 278 g/mol. The SMILES string of the molecule is Nc1cccc2c1CN(CC1CCCc3ccccc31)C2. The Morgan fingerprint density at radius 3 is 2.76 bits per heavy atom. The second-order valence-electron chi connectivity index (χ2n) is 6.44. The quantitative estimate of drug-likeness (QED) is 0.849. The first-order valence-corrected chi connectivity index (χ1v) is 7.97. The van der Waals surface area contributed by atoms with E-state index < -0.39 is 0 Å². The fourth-order valence-electron chi connectivity index (χ4n) is 4.00. The van der Waals surface area contributed by atoms with Crippen molar-refractivity contribution in [2.24, 2.45) is 0 Å². The predicted molar refractivity (Wildman–Crippen MR) is 87.1 cm³/mol. The molecule has 2 aromatic rings. The Labute approximate surface area is 126 Å². The lowest BCUT2D eigenvalue weighted by Gasteiger charge is -2.29. The van der Waals surface area contributed by atoms with Crippen LogP contribution in [-0.4, -0.2) is 11.4 Å². The maximum absolute atomic E-state index is 6.12.